The Morgan fingerprint density at radius 1 is 1.28 bits per heavy atom. The number of nitrogens with zero attached hydrogens (tertiary/aromatic N) is 2. The van der Waals surface area contributed by atoms with Crippen molar-refractivity contribution < 1.29 is 4.79 Å². The second kappa shape index (κ2) is 5.95. The van der Waals surface area contributed by atoms with Gasteiger partial charge in [0.1, 0.15) is 0 Å². The summed E-state index contributed by atoms with van der Waals surface area (Å²) in [5.41, 5.74) is -0.0337. The molecule has 2 aromatic rings. The fraction of sp³-hybridized carbons (Fsp3) is 0.632. The van der Waals surface area contributed by atoms with Crippen LogP contribution in [0.15, 0.2) is 22.7 Å². The summed E-state index contributed by atoms with van der Waals surface area (Å²) in [4.78, 5) is 19.0. The Bertz CT molecular complexity index is 747. The number of carbonyl (C=O) groups is 1. The molecule has 4 saturated carbocycles. The Hall–Kier alpha value is -1.14. The number of thioether (sulfide) groups is 1. The minimum absolute atomic E-state index is 0.0337. The summed E-state index contributed by atoms with van der Waals surface area (Å²) in [6.07, 6.45) is 7.53. The monoisotopic (exact) mass is 373 g/mol. The van der Waals surface area contributed by atoms with Crippen LogP contribution >= 0.6 is 23.1 Å². The highest BCUT2D eigenvalue weighted by Crippen LogP contribution is 2.61. The fourth-order valence-corrected chi connectivity index (χ4v) is 7.46. The highest BCUT2D eigenvalue weighted by atomic mass is 32.2. The van der Waals surface area contributed by atoms with Crippen molar-refractivity contribution in [3.05, 3.63) is 17.5 Å². The predicted octanol–water partition coefficient (Wildman–Crippen LogP) is 4.80. The first kappa shape index (κ1) is 16.1. The maximum absolute atomic E-state index is 13.4. The lowest BCUT2D eigenvalue weighted by Gasteiger charge is -2.56. The average molecular weight is 374 g/mol. The van der Waals surface area contributed by atoms with E-state index in [0.29, 0.717) is 10.9 Å². The number of H-pyrrole nitrogens is 1. The first-order valence-corrected chi connectivity index (χ1v) is 11.0. The molecule has 4 fully saturated rings. The van der Waals surface area contributed by atoms with Crippen molar-refractivity contribution in [3.63, 3.8) is 0 Å². The topological polar surface area (TPSA) is 58.6 Å². The Balaban J connectivity index is 1.31. The highest BCUT2D eigenvalue weighted by molar-refractivity contribution is 8.00. The van der Waals surface area contributed by atoms with Gasteiger partial charge in [0, 0.05) is 5.41 Å². The second-order valence-corrected chi connectivity index (χ2v) is 10.5. The van der Waals surface area contributed by atoms with Gasteiger partial charge in [-0.2, -0.15) is 0 Å². The molecule has 1 unspecified atom stereocenters. The van der Waals surface area contributed by atoms with Gasteiger partial charge in [0.25, 0.3) is 0 Å². The Morgan fingerprint density at radius 3 is 2.56 bits per heavy atom. The van der Waals surface area contributed by atoms with Crippen LogP contribution in [0.3, 0.4) is 0 Å². The Labute approximate surface area is 156 Å². The minimum atomic E-state index is -0.0664. The minimum Gasteiger partial charge on any atom is -0.298 e. The van der Waals surface area contributed by atoms with E-state index >= 15 is 0 Å². The van der Waals surface area contributed by atoms with Gasteiger partial charge in [-0.25, -0.2) is 4.98 Å². The van der Waals surface area contributed by atoms with E-state index < -0.39 is 0 Å². The molecule has 0 amide bonds. The van der Waals surface area contributed by atoms with Crippen LogP contribution in [0.1, 0.15) is 45.4 Å². The second-order valence-electron chi connectivity index (χ2n) is 8.27. The molecule has 6 heteroatoms. The number of thiophene rings is 1. The molecule has 6 rings (SSSR count). The normalized spacial score (nSPS) is 34.4. The van der Waals surface area contributed by atoms with E-state index in [2.05, 4.69) is 15.2 Å². The molecule has 25 heavy (non-hydrogen) atoms. The van der Waals surface area contributed by atoms with Gasteiger partial charge in [-0.05, 0) is 74.6 Å². The largest absolute Gasteiger partial charge is 0.298 e. The molecule has 0 radical (unpaired) electrons. The maximum Gasteiger partial charge on any atom is 0.209 e. The van der Waals surface area contributed by atoms with Crippen molar-refractivity contribution in [2.45, 2.75) is 55.9 Å². The summed E-state index contributed by atoms with van der Waals surface area (Å²) in [5.74, 6) is 3.68. The third-order valence-electron chi connectivity index (χ3n) is 6.43. The first-order chi connectivity index (χ1) is 12.1. The smallest absolute Gasteiger partial charge is 0.209 e. The molecule has 2 aromatic heterocycles. The molecule has 0 spiro atoms. The molecular weight excluding hydrogens is 350 g/mol. The summed E-state index contributed by atoms with van der Waals surface area (Å²) in [6.45, 7) is 2.05. The fourth-order valence-electron chi connectivity index (χ4n) is 5.88. The molecule has 2 heterocycles. The van der Waals surface area contributed by atoms with Crippen molar-refractivity contribution in [2.75, 3.05) is 0 Å². The molecule has 0 aromatic carbocycles. The molecule has 1 N–H and O–H groups in total. The van der Waals surface area contributed by atoms with Gasteiger partial charge in [-0.15, -0.1) is 16.4 Å². The third-order valence-corrected chi connectivity index (χ3v) is 8.27. The number of nitrogens with one attached hydrogen (secondary N) is 1. The number of hydrogen-bond donors (Lipinski definition) is 1. The SMILES string of the molecule is CC(Sc1n[nH]c(-c2cccs2)n1)C(=O)C12CC3CC(CC(C3)C1)C2. The molecule has 4 bridgehead atoms. The van der Waals surface area contributed by atoms with E-state index in [0.717, 1.165) is 47.7 Å². The lowest BCUT2D eigenvalue weighted by atomic mass is 9.48. The van der Waals surface area contributed by atoms with Crippen molar-refractivity contribution in [3.8, 4) is 10.7 Å². The molecule has 0 saturated heterocycles. The van der Waals surface area contributed by atoms with E-state index in [4.69, 9.17) is 0 Å². The predicted molar refractivity (Wildman–Crippen MR) is 101 cm³/mol. The van der Waals surface area contributed by atoms with Crippen LogP contribution in [0.5, 0.6) is 0 Å². The molecule has 0 aliphatic heterocycles. The van der Waals surface area contributed by atoms with Crippen LogP contribution in [0.4, 0.5) is 0 Å². The summed E-state index contributed by atoms with van der Waals surface area (Å²) in [7, 11) is 0. The number of rotatable bonds is 5. The van der Waals surface area contributed by atoms with Crippen molar-refractivity contribution in [2.24, 2.45) is 23.2 Å². The van der Waals surface area contributed by atoms with Gasteiger partial charge in [-0.3, -0.25) is 9.89 Å². The molecule has 132 valence electrons. The molecule has 4 aliphatic carbocycles. The van der Waals surface area contributed by atoms with Crippen LogP contribution in [-0.2, 0) is 4.79 Å². The van der Waals surface area contributed by atoms with E-state index in [1.165, 1.54) is 31.0 Å². The quantitative estimate of drug-likeness (QED) is 0.765. The van der Waals surface area contributed by atoms with E-state index in [1.54, 1.807) is 11.3 Å². The van der Waals surface area contributed by atoms with Crippen LogP contribution in [0.25, 0.3) is 10.7 Å². The van der Waals surface area contributed by atoms with Crippen molar-refractivity contribution in [1.29, 1.82) is 0 Å². The summed E-state index contributed by atoms with van der Waals surface area (Å²) in [6, 6.07) is 4.04. The number of ketones is 1. The molecule has 4 nitrogen and oxygen atoms in total. The van der Waals surface area contributed by atoms with Crippen molar-refractivity contribution in [1.82, 2.24) is 15.2 Å². The Morgan fingerprint density at radius 2 is 1.96 bits per heavy atom. The molecule has 1 atom stereocenters. The van der Waals surface area contributed by atoms with Crippen LogP contribution in [0, 0.1) is 23.2 Å². The van der Waals surface area contributed by atoms with Gasteiger partial charge in [-0.1, -0.05) is 17.8 Å². The number of aromatic nitrogens is 3. The van der Waals surface area contributed by atoms with Gasteiger partial charge < -0.3 is 0 Å². The third kappa shape index (κ3) is 2.78. The lowest BCUT2D eigenvalue weighted by molar-refractivity contribution is -0.142. The maximum atomic E-state index is 13.4. The average Bonchev–Trinajstić information content (AvgIpc) is 3.23. The summed E-state index contributed by atoms with van der Waals surface area (Å²) < 4.78 is 0. The first-order valence-electron chi connectivity index (χ1n) is 9.28. The van der Waals surface area contributed by atoms with E-state index in [-0.39, 0.29) is 10.7 Å². The van der Waals surface area contributed by atoms with Crippen LogP contribution in [0.2, 0.25) is 0 Å². The number of carbonyl (C=O) groups excluding carboxylic acids is 1. The zero-order chi connectivity index (χ0) is 17.0. The summed E-state index contributed by atoms with van der Waals surface area (Å²) >= 11 is 3.16. The van der Waals surface area contributed by atoms with Gasteiger partial charge in [0.05, 0.1) is 10.1 Å². The van der Waals surface area contributed by atoms with E-state index in [1.807, 2.05) is 24.4 Å². The standard InChI is InChI=1S/C19H23N3OS2/c1-11(25-18-20-17(21-22-18)15-3-2-4-24-15)16(23)19-8-12-5-13(9-19)7-14(6-12)10-19/h2-4,11-14H,5-10H2,1H3,(H,20,21,22). The van der Waals surface area contributed by atoms with Gasteiger partial charge >= 0.3 is 0 Å². The number of Topliss-reactive ketones (excluding diaryl/α,β-unsaturated/α-hetero) is 1. The number of aromatic amines is 1. The zero-order valence-corrected chi connectivity index (χ0v) is 16.0. The van der Waals surface area contributed by atoms with Crippen molar-refractivity contribution >= 4 is 28.9 Å². The molecule has 4 aliphatic rings. The summed E-state index contributed by atoms with van der Waals surface area (Å²) in [5, 5.41) is 9.98. The van der Waals surface area contributed by atoms with Gasteiger partial charge in [0.15, 0.2) is 11.6 Å². The number of hydrogen-bond acceptors (Lipinski definition) is 5. The highest BCUT2D eigenvalue weighted by Gasteiger charge is 2.55. The van der Waals surface area contributed by atoms with E-state index in [9.17, 15) is 4.79 Å². The molecular formula is C19H23N3OS2. The van der Waals surface area contributed by atoms with Crippen LogP contribution in [-0.4, -0.2) is 26.2 Å². The zero-order valence-electron chi connectivity index (χ0n) is 14.4. The van der Waals surface area contributed by atoms with Gasteiger partial charge in [0.2, 0.25) is 5.16 Å². The Kier molecular flexibility index (Phi) is 3.82. The lowest BCUT2D eigenvalue weighted by Crippen LogP contribution is -2.51. The van der Waals surface area contributed by atoms with Crippen LogP contribution < -0.4 is 0 Å².